The van der Waals surface area contributed by atoms with Crippen molar-refractivity contribution in [3.63, 3.8) is 0 Å². The first-order valence-corrected chi connectivity index (χ1v) is 3.77. The number of amides is 1. The zero-order valence-electron chi connectivity index (χ0n) is 7.97. The lowest BCUT2D eigenvalue weighted by Gasteiger charge is -2.26. The van der Waals surface area contributed by atoms with Crippen LogP contribution >= 0.6 is 0 Å². The molecule has 3 nitrogen and oxygen atoms in total. The summed E-state index contributed by atoms with van der Waals surface area (Å²) in [7, 11) is 3.45. The van der Waals surface area contributed by atoms with E-state index in [1.807, 2.05) is 6.92 Å². The third-order valence-electron chi connectivity index (χ3n) is 1.43. The highest BCUT2D eigenvalue weighted by atomic mass is 16.5. The molecule has 0 heterocycles. The van der Waals surface area contributed by atoms with Crippen molar-refractivity contribution in [3.8, 4) is 0 Å². The number of hydrogen-bond acceptors (Lipinski definition) is 2. The molecule has 66 valence electrons. The molecule has 0 N–H and O–H groups in total. The van der Waals surface area contributed by atoms with E-state index in [-0.39, 0.29) is 5.91 Å². The van der Waals surface area contributed by atoms with E-state index in [0.717, 1.165) is 0 Å². The molecular formula is C8H17NO2. The Morgan fingerprint density at radius 2 is 1.91 bits per heavy atom. The highest BCUT2D eigenvalue weighted by Gasteiger charge is 2.28. The van der Waals surface area contributed by atoms with Crippen molar-refractivity contribution in [2.24, 2.45) is 0 Å². The Bertz CT molecular complexity index is 141. The molecule has 0 aliphatic carbocycles. The first kappa shape index (κ1) is 10.4. The molecule has 0 rings (SSSR count). The average Bonchev–Trinajstić information content (AvgIpc) is 1.86. The van der Waals surface area contributed by atoms with Crippen LogP contribution in [0.2, 0.25) is 0 Å². The lowest BCUT2D eigenvalue weighted by molar-refractivity contribution is -0.150. The third-order valence-corrected chi connectivity index (χ3v) is 1.43. The molecule has 1 amide bonds. The number of carbonyl (C=O) groups excluding carboxylic acids is 1. The molecule has 11 heavy (non-hydrogen) atoms. The Balaban J connectivity index is 4.17. The summed E-state index contributed by atoms with van der Waals surface area (Å²) in [6, 6.07) is 0. The van der Waals surface area contributed by atoms with E-state index < -0.39 is 5.60 Å². The minimum absolute atomic E-state index is 0.000602. The number of ether oxygens (including phenoxy) is 1. The van der Waals surface area contributed by atoms with Crippen molar-refractivity contribution >= 4 is 5.91 Å². The zero-order chi connectivity index (χ0) is 9.07. The summed E-state index contributed by atoms with van der Waals surface area (Å²) in [6.45, 7) is 5.99. The van der Waals surface area contributed by atoms with Gasteiger partial charge in [-0.2, -0.15) is 0 Å². The molecule has 0 aliphatic rings. The van der Waals surface area contributed by atoms with Gasteiger partial charge in [0.1, 0.15) is 5.60 Å². The van der Waals surface area contributed by atoms with Gasteiger partial charge in [-0.1, -0.05) is 0 Å². The molecule has 0 aliphatic heterocycles. The quantitative estimate of drug-likeness (QED) is 0.612. The van der Waals surface area contributed by atoms with Gasteiger partial charge in [-0.25, -0.2) is 0 Å². The van der Waals surface area contributed by atoms with E-state index in [2.05, 4.69) is 0 Å². The van der Waals surface area contributed by atoms with Gasteiger partial charge in [0, 0.05) is 20.7 Å². The second kappa shape index (κ2) is 3.72. The predicted octanol–water partition coefficient (Wildman–Crippen LogP) is 0.890. The number of carbonyl (C=O) groups is 1. The summed E-state index contributed by atoms with van der Waals surface area (Å²) in [5.41, 5.74) is -0.682. The molecule has 0 saturated carbocycles. The highest BCUT2D eigenvalue weighted by Crippen LogP contribution is 2.11. The van der Waals surface area contributed by atoms with Gasteiger partial charge in [0.15, 0.2) is 0 Å². The molecule has 0 spiro atoms. The second-order valence-electron chi connectivity index (χ2n) is 3.14. The Labute approximate surface area is 68.3 Å². The van der Waals surface area contributed by atoms with Crippen LogP contribution in [-0.2, 0) is 9.53 Å². The van der Waals surface area contributed by atoms with Crippen LogP contribution in [-0.4, -0.2) is 37.1 Å². The van der Waals surface area contributed by atoms with Crippen LogP contribution in [0.5, 0.6) is 0 Å². The van der Waals surface area contributed by atoms with E-state index >= 15 is 0 Å². The second-order valence-corrected chi connectivity index (χ2v) is 3.14. The summed E-state index contributed by atoms with van der Waals surface area (Å²) in [4.78, 5) is 12.9. The van der Waals surface area contributed by atoms with Crippen molar-refractivity contribution in [2.75, 3.05) is 20.7 Å². The Morgan fingerprint density at radius 1 is 1.45 bits per heavy atom. The predicted molar refractivity (Wildman–Crippen MR) is 44.4 cm³/mol. The van der Waals surface area contributed by atoms with E-state index in [4.69, 9.17) is 4.74 Å². The molecule has 0 unspecified atom stereocenters. The van der Waals surface area contributed by atoms with Crippen molar-refractivity contribution < 1.29 is 9.53 Å². The fourth-order valence-electron chi connectivity index (χ4n) is 0.961. The normalized spacial score (nSPS) is 11.4. The van der Waals surface area contributed by atoms with E-state index in [1.54, 1.807) is 27.9 Å². The molecule has 0 radical (unpaired) electrons. The molecule has 0 bridgehead atoms. The number of hydrogen-bond donors (Lipinski definition) is 0. The van der Waals surface area contributed by atoms with Gasteiger partial charge in [-0.3, -0.25) is 4.79 Å². The molecule has 0 saturated heterocycles. The van der Waals surface area contributed by atoms with Gasteiger partial charge < -0.3 is 9.64 Å². The molecule has 0 aromatic rings. The lowest BCUT2D eigenvalue weighted by atomic mass is 10.1. The number of nitrogens with zero attached hydrogens (tertiary/aromatic N) is 1. The van der Waals surface area contributed by atoms with Gasteiger partial charge in [-0.05, 0) is 20.8 Å². The molecule has 0 atom stereocenters. The Hall–Kier alpha value is -0.570. The first-order chi connectivity index (χ1) is 4.91. The van der Waals surface area contributed by atoms with Crippen LogP contribution in [0, 0.1) is 0 Å². The Morgan fingerprint density at radius 3 is 2.18 bits per heavy atom. The maximum atomic E-state index is 11.4. The summed E-state index contributed by atoms with van der Waals surface area (Å²) < 4.78 is 5.26. The molecule has 0 aromatic heterocycles. The maximum Gasteiger partial charge on any atom is 0.253 e. The standard InChI is InChI=1S/C8H17NO2/c1-6-11-8(2,3)7(10)9(4)5/h6H2,1-5H3. The maximum absolute atomic E-state index is 11.4. The minimum atomic E-state index is -0.682. The van der Waals surface area contributed by atoms with Crippen molar-refractivity contribution in [1.29, 1.82) is 0 Å². The summed E-state index contributed by atoms with van der Waals surface area (Å²) in [6.07, 6.45) is 0. The van der Waals surface area contributed by atoms with Crippen LogP contribution in [0.4, 0.5) is 0 Å². The largest absolute Gasteiger partial charge is 0.366 e. The van der Waals surface area contributed by atoms with E-state index in [0.29, 0.717) is 6.61 Å². The van der Waals surface area contributed by atoms with Crippen molar-refractivity contribution in [3.05, 3.63) is 0 Å². The van der Waals surface area contributed by atoms with Gasteiger partial charge in [0.2, 0.25) is 0 Å². The van der Waals surface area contributed by atoms with Gasteiger partial charge in [-0.15, -0.1) is 0 Å². The van der Waals surface area contributed by atoms with Gasteiger partial charge in [0.25, 0.3) is 5.91 Å². The van der Waals surface area contributed by atoms with Crippen LogP contribution < -0.4 is 0 Å². The topological polar surface area (TPSA) is 29.5 Å². The van der Waals surface area contributed by atoms with E-state index in [9.17, 15) is 4.79 Å². The zero-order valence-corrected chi connectivity index (χ0v) is 7.97. The van der Waals surface area contributed by atoms with Crippen LogP contribution in [0.15, 0.2) is 0 Å². The lowest BCUT2D eigenvalue weighted by Crippen LogP contribution is -2.43. The molecule has 0 fully saturated rings. The number of likely N-dealkylation sites (N-methyl/N-ethyl adjacent to an activating group) is 1. The first-order valence-electron chi connectivity index (χ1n) is 3.77. The van der Waals surface area contributed by atoms with Crippen LogP contribution in [0.3, 0.4) is 0 Å². The third kappa shape index (κ3) is 2.89. The average molecular weight is 159 g/mol. The summed E-state index contributed by atoms with van der Waals surface area (Å²) in [5, 5.41) is 0. The van der Waals surface area contributed by atoms with Crippen LogP contribution in [0.25, 0.3) is 0 Å². The summed E-state index contributed by atoms with van der Waals surface area (Å²) >= 11 is 0. The summed E-state index contributed by atoms with van der Waals surface area (Å²) in [5.74, 6) is -0.000602. The SMILES string of the molecule is CCOC(C)(C)C(=O)N(C)C. The monoisotopic (exact) mass is 159 g/mol. The fourth-order valence-corrected chi connectivity index (χ4v) is 0.961. The smallest absolute Gasteiger partial charge is 0.253 e. The molecule has 3 heteroatoms. The highest BCUT2D eigenvalue weighted by molar-refractivity contribution is 5.83. The Kier molecular flexibility index (Phi) is 3.52. The van der Waals surface area contributed by atoms with Crippen molar-refractivity contribution in [2.45, 2.75) is 26.4 Å². The molecule has 0 aromatic carbocycles. The van der Waals surface area contributed by atoms with E-state index in [1.165, 1.54) is 4.90 Å². The molecular weight excluding hydrogens is 142 g/mol. The van der Waals surface area contributed by atoms with Crippen LogP contribution in [0.1, 0.15) is 20.8 Å². The fraction of sp³-hybridized carbons (Fsp3) is 0.875. The number of rotatable bonds is 3. The van der Waals surface area contributed by atoms with Gasteiger partial charge >= 0.3 is 0 Å². The van der Waals surface area contributed by atoms with Gasteiger partial charge in [0.05, 0.1) is 0 Å². The minimum Gasteiger partial charge on any atom is -0.366 e. The van der Waals surface area contributed by atoms with Crippen molar-refractivity contribution in [1.82, 2.24) is 4.90 Å².